The van der Waals surface area contributed by atoms with Gasteiger partial charge in [-0.05, 0) is 42.5 Å². The van der Waals surface area contributed by atoms with Crippen LogP contribution < -0.4 is 15.4 Å². The van der Waals surface area contributed by atoms with Gasteiger partial charge in [-0.15, -0.1) is 0 Å². The lowest BCUT2D eigenvalue weighted by atomic mass is 9.62. The minimum atomic E-state index is 0.534. The summed E-state index contributed by atoms with van der Waals surface area (Å²) >= 11 is 0. The van der Waals surface area contributed by atoms with Crippen LogP contribution in [0.5, 0.6) is 5.75 Å². The third-order valence-electron chi connectivity index (χ3n) is 5.44. The Bertz CT molecular complexity index is 922. The molecule has 128 valence electrons. The van der Waals surface area contributed by atoms with Gasteiger partial charge in [-0.25, -0.2) is 9.97 Å². The standard InChI is InChI=1S/C19H21N5O/c1-25-14-5-6-18-21-9-16(24(18)10-14)15-3-2-4-17(23-15)22-13-7-19(8-13)11-20-12-19/h2-6,9-10,13,20H,7-8,11-12H2,1H3,(H,22,23). The molecule has 6 nitrogen and oxygen atoms in total. The molecular formula is C19H21N5O. The van der Waals surface area contributed by atoms with Crippen molar-refractivity contribution in [2.24, 2.45) is 5.41 Å². The molecule has 2 N–H and O–H groups in total. The zero-order valence-electron chi connectivity index (χ0n) is 14.2. The Morgan fingerprint density at radius 1 is 1.24 bits per heavy atom. The van der Waals surface area contributed by atoms with Gasteiger partial charge in [-0.2, -0.15) is 0 Å². The second kappa shape index (κ2) is 5.46. The van der Waals surface area contributed by atoms with Gasteiger partial charge in [0.15, 0.2) is 0 Å². The fraction of sp³-hybridized carbons (Fsp3) is 0.368. The lowest BCUT2D eigenvalue weighted by molar-refractivity contribution is 0.0469. The number of ether oxygens (including phenoxy) is 1. The van der Waals surface area contributed by atoms with Gasteiger partial charge in [-0.3, -0.25) is 4.40 Å². The number of nitrogens with one attached hydrogen (secondary N) is 2. The quantitative estimate of drug-likeness (QED) is 0.767. The highest BCUT2D eigenvalue weighted by molar-refractivity contribution is 5.62. The number of hydrogen-bond donors (Lipinski definition) is 2. The molecule has 1 saturated carbocycles. The number of fused-ring (bicyclic) bond motifs is 1. The van der Waals surface area contributed by atoms with E-state index in [2.05, 4.69) is 15.6 Å². The molecule has 0 amide bonds. The van der Waals surface area contributed by atoms with E-state index in [0.29, 0.717) is 11.5 Å². The molecule has 3 aromatic rings. The van der Waals surface area contributed by atoms with E-state index in [9.17, 15) is 0 Å². The van der Waals surface area contributed by atoms with Crippen LogP contribution in [-0.4, -0.2) is 40.6 Å². The monoisotopic (exact) mass is 335 g/mol. The largest absolute Gasteiger partial charge is 0.495 e. The molecule has 1 spiro atoms. The molecule has 1 saturated heterocycles. The summed E-state index contributed by atoms with van der Waals surface area (Å²) in [6.45, 7) is 2.34. The highest BCUT2D eigenvalue weighted by atomic mass is 16.5. The molecule has 0 unspecified atom stereocenters. The molecule has 3 aromatic heterocycles. The average Bonchev–Trinajstić information content (AvgIpc) is 2.99. The van der Waals surface area contributed by atoms with E-state index in [0.717, 1.165) is 28.6 Å². The topological polar surface area (TPSA) is 63.5 Å². The highest BCUT2D eigenvalue weighted by Gasteiger charge is 2.48. The molecule has 2 fully saturated rings. The minimum absolute atomic E-state index is 0.534. The number of imidazole rings is 1. The van der Waals surface area contributed by atoms with Gasteiger partial charge < -0.3 is 15.4 Å². The zero-order chi connectivity index (χ0) is 16.9. The predicted octanol–water partition coefficient (Wildman–Crippen LogP) is 2.57. The van der Waals surface area contributed by atoms with E-state index in [1.807, 2.05) is 47.1 Å². The Balaban J connectivity index is 1.41. The fourth-order valence-electron chi connectivity index (χ4n) is 3.99. The van der Waals surface area contributed by atoms with Gasteiger partial charge >= 0.3 is 0 Å². The highest BCUT2D eigenvalue weighted by Crippen LogP contribution is 2.45. The molecule has 0 radical (unpaired) electrons. The van der Waals surface area contributed by atoms with Crippen molar-refractivity contribution in [3.63, 3.8) is 0 Å². The number of anilines is 1. The maximum Gasteiger partial charge on any atom is 0.137 e. The van der Waals surface area contributed by atoms with Gasteiger partial charge in [0, 0.05) is 19.1 Å². The van der Waals surface area contributed by atoms with Crippen molar-refractivity contribution < 1.29 is 4.74 Å². The van der Waals surface area contributed by atoms with Gasteiger partial charge in [0.25, 0.3) is 0 Å². The van der Waals surface area contributed by atoms with Gasteiger partial charge in [0.2, 0.25) is 0 Å². The molecule has 1 aliphatic carbocycles. The van der Waals surface area contributed by atoms with Crippen LogP contribution in [0.25, 0.3) is 17.0 Å². The van der Waals surface area contributed by atoms with Crippen LogP contribution in [-0.2, 0) is 0 Å². The number of pyridine rings is 2. The number of rotatable bonds is 4. The Morgan fingerprint density at radius 2 is 2.12 bits per heavy atom. The van der Waals surface area contributed by atoms with Crippen LogP contribution in [0.2, 0.25) is 0 Å². The molecule has 25 heavy (non-hydrogen) atoms. The first kappa shape index (κ1) is 14.7. The Morgan fingerprint density at radius 3 is 2.88 bits per heavy atom. The van der Waals surface area contributed by atoms with Crippen LogP contribution >= 0.6 is 0 Å². The summed E-state index contributed by atoms with van der Waals surface area (Å²) in [5.74, 6) is 1.73. The van der Waals surface area contributed by atoms with E-state index in [4.69, 9.17) is 9.72 Å². The van der Waals surface area contributed by atoms with Crippen molar-refractivity contribution >= 4 is 11.5 Å². The molecule has 4 heterocycles. The summed E-state index contributed by atoms with van der Waals surface area (Å²) in [7, 11) is 1.67. The summed E-state index contributed by atoms with van der Waals surface area (Å²) in [5, 5.41) is 6.96. The van der Waals surface area contributed by atoms with Gasteiger partial charge in [0.1, 0.15) is 17.2 Å². The SMILES string of the molecule is COc1ccc2ncc(-c3cccc(NC4CC5(CNC5)C4)n3)n2c1. The van der Waals surface area contributed by atoms with E-state index in [1.54, 1.807) is 7.11 Å². The van der Waals surface area contributed by atoms with Crippen molar-refractivity contribution in [3.8, 4) is 17.1 Å². The molecule has 0 bridgehead atoms. The van der Waals surface area contributed by atoms with Crippen LogP contribution in [0.15, 0.2) is 42.7 Å². The second-order valence-corrected chi connectivity index (χ2v) is 7.20. The van der Waals surface area contributed by atoms with Crippen molar-refractivity contribution in [2.75, 3.05) is 25.5 Å². The maximum atomic E-state index is 5.33. The van der Waals surface area contributed by atoms with E-state index >= 15 is 0 Å². The third kappa shape index (κ3) is 2.44. The second-order valence-electron chi connectivity index (χ2n) is 7.20. The lowest BCUT2D eigenvalue weighted by Crippen LogP contribution is -2.63. The van der Waals surface area contributed by atoms with Crippen molar-refractivity contribution in [1.29, 1.82) is 0 Å². The summed E-state index contributed by atoms with van der Waals surface area (Å²) in [6.07, 6.45) is 6.27. The molecular weight excluding hydrogens is 314 g/mol. The third-order valence-corrected chi connectivity index (χ3v) is 5.44. The summed E-state index contributed by atoms with van der Waals surface area (Å²) in [6, 6.07) is 10.5. The Hall–Kier alpha value is -2.60. The first-order valence-electron chi connectivity index (χ1n) is 8.71. The smallest absolute Gasteiger partial charge is 0.137 e. The van der Waals surface area contributed by atoms with Crippen LogP contribution in [0.1, 0.15) is 12.8 Å². The Labute approximate surface area is 146 Å². The molecule has 1 aliphatic heterocycles. The number of aromatic nitrogens is 3. The fourth-order valence-corrected chi connectivity index (χ4v) is 3.99. The summed E-state index contributed by atoms with van der Waals surface area (Å²) in [4.78, 5) is 9.27. The zero-order valence-corrected chi connectivity index (χ0v) is 14.2. The van der Waals surface area contributed by atoms with Gasteiger partial charge in [0.05, 0.1) is 30.9 Å². The summed E-state index contributed by atoms with van der Waals surface area (Å²) < 4.78 is 7.35. The van der Waals surface area contributed by atoms with E-state index < -0.39 is 0 Å². The lowest BCUT2D eigenvalue weighted by Gasteiger charge is -2.54. The number of hydrogen-bond acceptors (Lipinski definition) is 5. The first-order chi connectivity index (χ1) is 12.2. The van der Waals surface area contributed by atoms with E-state index in [-0.39, 0.29) is 0 Å². The normalized spacial score (nSPS) is 18.8. The molecule has 5 rings (SSSR count). The number of methoxy groups -OCH3 is 1. The summed E-state index contributed by atoms with van der Waals surface area (Å²) in [5.41, 5.74) is 3.32. The maximum absolute atomic E-state index is 5.33. The van der Waals surface area contributed by atoms with Crippen LogP contribution in [0.4, 0.5) is 5.82 Å². The minimum Gasteiger partial charge on any atom is -0.495 e. The van der Waals surface area contributed by atoms with E-state index in [1.165, 1.54) is 25.9 Å². The van der Waals surface area contributed by atoms with Crippen molar-refractivity contribution in [1.82, 2.24) is 19.7 Å². The molecule has 6 heteroatoms. The predicted molar refractivity (Wildman–Crippen MR) is 96.9 cm³/mol. The van der Waals surface area contributed by atoms with Crippen molar-refractivity contribution in [2.45, 2.75) is 18.9 Å². The molecule has 0 aromatic carbocycles. The van der Waals surface area contributed by atoms with Crippen molar-refractivity contribution in [3.05, 3.63) is 42.7 Å². The molecule has 2 aliphatic rings. The van der Waals surface area contributed by atoms with Gasteiger partial charge in [-0.1, -0.05) is 6.07 Å². The first-order valence-corrected chi connectivity index (χ1v) is 8.71. The number of nitrogens with zero attached hydrogens (tertiary/aromatic N) is 3. The van der Waals surface area contributed by atoms with Crippen LogP contribution in [0.3, 0.4) is 0 Å². The Kier molecular flexibility index (Phi) is 3.21. The molecule has 0 atom stereocenters. The average molecular weight is 335 g/mol. The van der Waals surface area contributed by atoms with Crippen LogP contribution in [0, 0.1) is 5.41 Å².